The van der Waals surface area contributed by atoms with E-state index in [9.17, 15) is 0 Å². The Morgan fingerprint density at radius 2 is 1.22 bits per heavy atom. The molecule has 0 saturated heterocycles. The van der Waals surface area contributed by atoms with E-state index in [0.29, 0.717) is 6.54 Å². The predicted molar refractivity (Wildman–Crippen MR) is 99.7 cm³/mol. The minimum absolute atomic E-state index is 0.676. The van der Waals surface area contributed by atoms with Gasteiger partial charge in [-0.25, -0.2) is 0 Å². The highest BCUT2D eigenvalue weighted by molar-refractivity contribution is 6.60. The van der Waals surface area contributed by atoms with Crippen LogP contribution in [0.15, 0.2) is 0 Å². The number of hydrogen-bond acceptors (Lipinski definition) is 5. The van der Waals surface area contributed by atoms with Gasteiger partial charge in [-0.3, -0.25) is 0 Å². The van der Waals surface area contributed by atoms with Crippen molar-refractivity contribution in [1.82, 2.24) is 5.32 Å². The first kappa shape index (κ1) is 23.0. The number of nitrogens with two attached hydrogens (primary N) is 1. The molecule has 0 rings (SSSR count). The van der Waals surface area contributed by atoms with Crippen LogP contribution in [0.25, 0.3) is 0 Å². The molecular weight excluding hydrogens is 308 g/mol. The predicted octanol–water partition coefficient (Wildman–Crippen LogP) is 3.31. The fourth-order valence-electron chi connectivity index (χ4n) is 2.11. The monoisotopic (exact) mass is 348 g/mol. The summed E-state index contributed by atoms with van der Waals surface area (Å²) in [6.45, 7) is 11.3. The Morgan fingerprint density at radius 1 is 0.739 bits per heavy atom. The summed E-state index contributed by atoms with van der Waals surface area (Å²) in [6.07, 6.45) is 7.60. The van der Waals surface area contributed by atoms with Crippen LogP contribution in [0.3, 0.4) is 0 Å². The van der Waals surface area contributed by atoms with Crippen LogP contribution in [0.2, 0.25) is 6.04 Å². The fraction of sp³-hybridized carbons (Fsp3) is 1.00. The molecule has 0 heterocycles. The third-order valence-electron chi connectivity index (χ3n) is 3.62. The van der Waals surface area contributed by atoms with Crippen molar-refractivity contribution in [2.45, 2.75) is 71.8 Å². The van der Waals surface area contributed by atoms with E-state index in [1.807, 2.05) is 0 Å². The Balaban J connectivity index is 4.52. The van der Waals surface area contributed by atoms with Crippen LogP contribution in [0.4, 0.5) is 0 Å². The van der Waals surface area contributed by atoms with Gasteiger partial charge in [0.1, 0.15) is 0 Å². The third kappa shape index (κ3) is 13.0. The molecule has 6 heteroatoms. The quantitative estimate of drug-likeness (QED) is 0.294. The van der Waals surface area contributed by atoms with E-state index >= 15 is 0 Å². The van der Waals surface area contributed by atoms with E-state index in [-0.39, 0.29) is 0 Å². The minimum Gasteiger partial charge on any atom is -0.373 e. The van der Waals surface area contributed by atoms with Crippen LogP contribution < -0.4 is 11.1 Å². The van der Waals surface area contributed by atoms with Crippen LogP contribution in [-0.2, 0) is 13.3 Å². The van der Waals surface area contributed by atoms with E-state index < -0.39 is 8.80 Å². The third-order valence-corrected chi connectivity index (χ3v) is 6.52. The summed E-state index contributed by atoms with van der Waals surface area (Å²) in [5, 5.41) is 3.34. The highest BCUT2D eigenvalue weighted by Gasteiger charge is 2.40. The molecule has 0 saturated carbocycles. The summed E-state index contributed by atoms with van der Waals surface area (Å²) in [4.78, 5) is 0. The average Bonchev–Trinajstić information content (AvgIpc) is 2.55. The number of rotatable bonds is 18. The van der Waals surface area contributed by atoms with Gasteiger partial charge in [-0.15, -0.1) is 0 Å². The lowest BCUT2D eigenvalue weighted by atomic mass is 10.4. The minimum atomic E-state index is -2.54. The van der Waals surface area contributed by atoms with Gasteiger partial charge < -0.3 is 24.3 Å². The van der Waals surface area contributed by atoms with Gasteiger partial charge in [-0.05, 0) is 32.2 Å². The summed E-state index contributed by atoms with van der Waals surface area (Å²) in [5.74, 6) is 0. The smallest absolute Gasteiger partial charge is 0.373 e. The normalized spacial score (nSPS) is 12.0. The summed E-state index contributed by atoms with van der Waals surface area (Å²) in [7, 11) is -2.54. The van der Waals surface area contributed by atoms with E-state index in [4.69, 9.17) is 19.0 Å². The van der Waals surface area contributed by atoms with Crippen LogP contribution in [-0.4, -0.2) is 48.3 Å². The molecule has 0 spiro atoms. The standard InChI is InChI=1S/C17H40N2O3Si/c1-4-7-14-20-23(21-15-8-5-2,22-16-9-6-3)17-10-12-19-13-11-18/h19H,4-18H2,1-3H3. The highest BCUT2D eigenvalue weighted by atomic mass is 28.4. The van der Waals surface area contributed by atoms with Crippen LogP contribution in [0.5, 0.6) is 0 Å². The van der Waals surface area contributed by atoms with E-state index in [1.165, 1.54) is 0 Å². The van der Waals surface area contributed by atoms with Gasteiger partial charge in [0.05, 0.1) is 0 Å². The zero-order chi connectivity index (χ0) is 17.2. The maximum absolute atomic E-state index is 6.21. The molecule has 0 aromatic carbocycles. The molecule has 0 fully saturated rings. The van der Waals surface area contributed by atoms with E-state index in [0.717, 1.165) is 83.9 Å². The van der Waals surface area contributed by atoms with Crippen molar-refractivity contribution in [3.05, 3.63) is 0 Å². The summed E-state index contributed by atoms with van der Waals surface area (Å²) >= 11 is 0. The maximum atomic E-state index is 6.21. The van der Waals surface area contributed by atoms with Crippen molar-refractivity contribution < 1.29 is 13.3 Å². The lowest BCUT2D eigenvalue weighted by molar-refractivity contribution is 0.0558. The van der Waals surface area contributed by atoms with Gasteiger partial charge in [0.25, 0.3) is 0 Å². The van der Waals surface area contributed by atoms with Gasteiger partial charge in [0.2, 0.25) is 0 Å². The molecular formula is C17H40N2O3Si. The van der Waals surface area contributed by atoms with Crippen molar-refractivity contribution in [2.24, 2.45) is 5.73 Å². The van der Waals surface area contributed by atoms with Crippen LogP contribution >= 0.6 is 0 Å². The van der Waals surface area contributed by atoms with Gasteiger partial charge in [-0.1, -0.05) is 40.0 Å². The van der Waals surface area contributed by atoms with Gasteiger partial charge >= 0.3 is 8.80 Å². The first-order valence-electron chi connectivity index (χ1n) is 9.57. The maximum Gasteiger partial charge on any atom is 0.501 e. The SMILES string of the molecule is CCCCO[Si](CCCNCCN)(OCCCC)OCCCC. The van der Waals surface area contributed by atoms with Crippen LogP contribution in [0, 0.1) is 0 Å². The number of nitrogens with one attached hydrogen (secondary N) is 1. The molecule has 0 aromatic heterocycles. The molecule has 0 radical (unpaired) electrons. The Morgan fingerprint density at radius 3 is 1.61 bits per heavy atom. The van der Waals surface area contributed by atoms with Crippen molar-refractivity contribution in [3.63, 3.8) is 0 Å². The molecule has 0 bridgehead atoms. The molecule has 140 valence electrons. The van der Waals surface area contributed by atoms with Gasteiger partial charge in [0.15, 0.2) is 0 Å². The topological polar surface area (TPSA) is 65.7 Å². The highest BCUT2D eigenvalue weighted by Crippen LogP contribution is 2.20. The lowest BCUT2D eigenvalue weighted by Crippen LogP contribution is -2.47. The lowest BCUT2D eigenvalue weighted by Gasteiger charge is -2.30. The van der Waals surface area contributed by atoms with Gasteiger partial charge in [0, 0.05) is 39.0 Å². The van der Waals surface area contributed by atoms with E-state index in [1.54, 1.807) is 0 Å². The first-order chi connectivity index (χ1) is 11.2. The molecule has 3 N–H and O–H groups in total. The van der Waals surface area contributed by atoms with Crippen molar-refractivity contribution >= 4 is 8.80 Å². The molecule has 0 amide bonds. The molecule has 5 nitrogen and oxygen atoms in total. The fourth-order valence-corrected chi connectivity index (χ4v) is 4.77. The second-order valence-corrected chi connectivity index (χ2v) is 8.66. The van der Waals surface area contributed by atoms with Crippen molar-refractivity contribution in [1.29, 1.82) is 0 Å². The summed E-state index contributed by atoms with van der Waals surface area (Å²) < 4.78 is 18.6. The number of unbranched alkanes of at least 4 members (excludes halogenated alkanes) is 3. The molecule has 23 heavy (non-hydrogen) atoms. The molecule has 0 aliphatic heterocycles. The molecule has 0 aliphatic carbocycles. The zero-order valence-corrected chi connectivity index (χ0v) is 16.7. The molecule has 0 unspecified atom stereocenters. The second kappa shape index (κ2) is 16.9. The van der Waals surface area contributed by atoms with Gasteiger partial charge in [-0.2, -0.15) is 0 Å². The second-order valence-electron chi connectivity index (χ2n) is 5.93. The average molecular weight is 349 g/mol. The number of hydrogen-bond donors (Lipinski definition) is 2. The van der Waals surface area contributed by atoms with Crippen LogP contribution in [0.1, 0.15) is 65.7 Å². The largest absolute Gasteiger partial charge is 0.501 e. The molecule has 0 atom stereocenters. The summed E-state index contributed by atoms with van der Waals surface area (Å²) in [5.41, 5.74) is 5.51. The van der Waals surface area contributed by atoms with E-state index in [2.05, 4.69) is 26.1 Å². The van der Waals surface area contributed by atoms with Crippen molar-refractivity contribution in [3.8, 4) is 0 Å². The van der Waals surface area contributed by atoms with Crippen molar-refractivity contribution in [2.75, 3.05) is 39.5 Å². The zero-order valence-electron chi connectivity index (χ0n) is 15.7. The first-order valence-corrected chi connectivity index (χ1v) is 11.5. The summed E-state index contributed by atoms with van der Waals surface area (Å²) in [6, 6.07) is 0.891. The Kier molecular flexibility index (Phi) is 16.9. The Bertz CT molecular complexity index is 219. The Labute approximate surface area is 145 Å². The molecule has 0 aromatic rings. The Hall–Kier alpha value is 0.0169. The molecule has 0 aliphatic rings.